The number of sulfonamides is 1. The molecule has 1 aliphatic rings. The number of nitrogens with zero attached hydrogens (tertiary/aromatic N) is 3. The number of aromatic nitrogens is 1. The summed E-state index contributed by atoms with van der Waals surface area (Å²) in [4.78, 5) is 5.81. The summed E-state index contributed by atoms with van der Waals surface area (Å²) < 4.78 is 39.9. The lowest BCUT2D eigenvalue weighted by Crippen LogP contribution is -2.53. The van der Waals surface area contributed by atoms with Crippen LogP contribution in [0.2, 0.25) is 0 Å². The largest absolute Gasteiger partial charge is 0.351 e. The molecule has 1 unspecified atom stereocenters. The van der Waals surface area contributed by atoms with Crippen molar-refractivity contribution in [1.29, 1.82) is 0 Å². The van der Waals surface area contributed by atoms with Gasteiger partial charge in [0.25, 0.3) is 0 Å². The highest BCUT2D eigenvalue weighted by atomic mass is 32.2. The zero-order chi connectivity index (χ0) is 17.9. The van der Waals surface area contributed by atoms with Gasteiger partial charge in [0.05, 0.1) is 0 Å². The predicted octanol–water partition coefficient (Wildman–Crippen LogP) is 2.73. The van der Waals surface area contributed by atoms with Gasteiger partial charge in [-0.2, -0.15) is 8.70 Å². The topological polar surface area (TPSA) is 53.5 Å². The first-order valence-corrected chi connectivity index (χ1v) is 9.58. The van der Waals surface area contributed by atoms with Gasteiger partial charge in [-0.25, -0.2) is 13.4 Å². The Bertz CT molecular complexity index is 856. The molecule has 25 heavy (non-hydrogen) atoms. The molecule has 0 amide bonds. The minimum absolute atomic E-state index is 0.0945. The van der Waals surface area contributed by atoms with E-state index in [1.54, 1.807) is 18.2 Å². The standard InChI is InChI=1S/C18H20FN3O2S/c1-15-14-21(11-12-22(15)18-9-5-8-17(19)20-18)25(23,24)13-10-16-6-3-2-4-7-16/h2-10,13,15H,11-12,14H2,1H3/b13-10+. The van der Waals surface area contributed by atoms with Gasteiger partial charge in [0.15, 0.2) is 0 Å². The van der Waals surface area contributed by atoms with Crippen LogP contribution in [0.1, 0.15) is 12.5 Å². The average molecular weight is 361 g/mol. The number of hydrogen-bond acceptors (Lipinski definition) is 4. The molecule has 1 aliphatic heterocycles. The van der Waals surface area contributed by atoms with Gasteiger partial charge in [-0.1, -0.05) is 36.4 Å². The van der Waals surface area contributed by atoms with Crippen molar-refractivity contribution in [2.45, 2.75) is 13.0 Å². The Labute approximate surface area is 147 Å². The zero-order valence-corrected chi connectivity index (χ0v) is 14.7. The van der Waals surface area contributed by atoms with E-state index in [-0.39, 0.29) is 6.04 Å². The number of rotatable bonds is 4. The van der Waals surface area contributed by atoms with Crippen LogP contribution < -0.4 is 4.90 Å². The fourth-order valence-electron chi connectivity index (χ4n) is 2.87. The average Bonchev–Trinajstić information content (AvgIpc) is 2.61. The molecule has 3 rings (SSSR count). The molecular formula is C18H20FN3O2S. The minimum Gasteiger partial charge on any atom is -0.351 e. The second-order valence-corrected chi connectivity index (χ2v) is 7.80. The van der Waals surface area contributed by atoms with E-state index in [1.807, 2.05) is 42.2 Å². The van der Waals surface area contributed by atoms with Gasteiger partial charge in [0, 0.05) is 31.1 Å². The van der Waals surface area contributed by atoms with Gasteiger partial charge < -0.3 is 4.90 Å². The van der Waals surface area contributed by atoms with Crippen molar-refractivity contribution >= 4 is 21.9 Å². The molecule has 0 bridgehead atoms. The summed E-state index contributed by atoms with van der Waals surface area (Å²) in [5.74, 6) is -0.00470. The fraction of sp³-hybridized carbons (Fsp3) is 0.278. The summed E-state index contributed by atoms with van der Waals surface area (Å²) in [6.45, 7) is 3.05. The maximum absolute atomic E-state index is 13.3. The van der Waals surface area contributed by atoms with Crippen LogP contribution in [0.5, 0.6) is 0 Å². The first-order chi connectivity index (χ1) is 12.0. The number of hydrogen-bond donors (Lipinski definition) is 0. The first kappa shape index (κ1) is 17.6. The van der Waals surface area contributed by atoms with E-state index in [0.717, 1.165) is 5.56 Å². The number of halogens is 1. The molecular weight excluding hydrogens is 341 g/mol. The van der Waals surface area contributed by atoms with Crippen molar-refractivity contribution in [3.05, 3.63) is 65.5 Å². The van der Waals surface area contributed by atoms with Gasteiger partial charge in [-0.15, -0.1) is 0 Å². The zero-order valence-electron chi connectivity index (χ0n) is 13.9. The molecule has 1 saturated heterocycles. The van der Waals surface area contributed by atoms with E-state index < -0.39 is 16.0 Å². The quantitative estimate of drug-likeness (QED) is 0.786. The van der Waals surface area contributed by atoms with Crippen molar-refractivity contribution in [3.63, 3.8) is 0 Å². The second kappa shape index (κ2) is 7.33. The number of anilines is 1. The van der Waals surface area contributed by atoms with Crippen LogP contribution in [-0.2, 0) is 10.0 Å². The molecule has 0 N–H and O–H groups in total. The van der Waals surface area contributed by atoms with Gasteiger partial charge in [-0.3, -0.25) is 0 Å². The Morgan fingerprint density at radius 2 is 1.88 bits per heavy atom. The predicted molar refractivity (Wildman–Crippen MR) is 97.0 cm³/mol. The molecule has 1 aromatic carbocycles. The van der Waals surface area contributed by atoms with Gasteiger partial charge in [-0.05, 0) is 30.7 Å². The van der Waals surface area contributed by atoms with Crippen LogP contribution in [0.4, 0.5) is 10.2 Å². The highest BCUT2D eigenvalue weighted by Gasteiger charge is 2.30. The Morgan fingerprint density at radius 3 is 2.56 bits per heavy atom. The third-order valence-electron chi connectivity index (χ3n) is 4.18. The molecule has 0 radical (unpaired) electrons. The molecule has 1 aromatic heterocycles. The molecule has 0 aliphatic carbocycles. The number of piperazine rings is 1. The highest BCUT2D eigenvalue weighted by molar-refractivity contribution is 7.92. The Kier molecular flexibility index (Phi) is 5.15. The third-order valence-corrected chi connectivity index (χ3v) is 5.71. The Balaban J connectivity index is 1.70. The summed E-state index contributed by atoms with van der Waals surface area (Å²) in [7, 11) is -3.50. The maximum Gasteiger partial charge on any atom is 0.236 e. The third kappa shape index (κ3) is 4.24. The van der Waals surface area contributed by atoms with E-state index in [2.05, 4.69) is 4.98 Å². The van der Waals surface area contributed by atoms with Crippen molar-refractivity contribution in [2.24, 2.45) is 0 Å². The van der Waals surface area contributed by atoms with Crippen molar-refractivity contribution in [2.75, 3.05) is 24.5 Å². The van der Waals surface area contributed by atoms with Gasteiger partial charge >= 0.3 is 0 Å². The van der Waals surface area contributed by atoms with Gasteiger partial charge in [0.1, 0.15) is 5.82 Å². The van der Waals surface area contributed by atoms with Crippen molar-refractivity contribution in [3.8, 4) is 0 Å². The van der Waals surface area contributed by atoms with E-state index in [1.165, 1.54) is 15.8 Å². The van der Waals surface area contributed by atoms with Crippen LogP contribution in [-0.4, -0.2) is 43.4 Å². The Morgan fingerprint density at radius 1 is 1.12 bits per heavy atom. The summed E-state index contributed by atoms with van der Waals surface area (Å²) >= 11 is 0. The SMILES string of the molecule is CC1CN(S(=O)(=O)/C=C/c2ccccc2)CCN1c1cccc(F)n1. The van der Waals surface area contributed by atoms with Gasteiger partial charge in [0.2, 0.25) is 16.0 Å². The van der Waals surface area contributed by atoms with E-state index >= 15 is 0 Å². The summed E-state index contributed by atoms with van der Waals surface area (Å²) in [5.41, 5.74) is 0.835. The monoisotopic (exact) mass is 361 g/mol. The number of benzene rings is 1. The summed E-state index contributed by atoms with van der Waals surface area (Å²) in [5, 5.41) is 1.24. The van der Waals surface area contributed by atoms with Crippen LogP contribution in [0.15, 0.2) is 53.9 Å². The number of pyridine rings is 1. The van der Waals surface area contributed by atoms with Crippen molar-refractivity contribution in [1.82, 2.24) is 9.29 Å². The molecule has 1 fully saturated rings. The summed E-state index contributed by atoms with van der Waals surface area (Å²) in [6, 6.07) is 13.8. The van der Waals surface area contributed by atoms with E-state index in [9.17, 15) is 12.8 Å². The lowest BCUT2D eigenvalue weighted by atomic mass is 10.2. The van der Waals surface area contributed by atoms with Crippen LogP contribution in [0, 0.1) is 5.95 Å². The second-order valence-electron chi connectivity index (χ2n) is 5.98. The van der Waals surface area contributed by atoms with Crippen molar-refractivity contribution < 1.29 is 12.8 Å². The highest BCUT2D eigenvalue weighted by Crippen LogP contribution is 2.21. The maximum atomic E-state index is 13.3. The van der Waals surface area contributed by atoms with E-state index in [4.69, 9.17) is 0 Å². The molecule has 0 spiro atoms. The molecule has 0 saturated carbocycles. The molecule has 5 nitrogen and oxygen atoms in total. The Hall–Kier alpha value is -2.25. The summed E-state index contributed by atoms with van der Waals surface area (Å²) in [6.07, 6.45) is 1.60. The lowest BCUT2D eigenvalue weighted by molar-refractivity contribution is 0.344. The smallest absolute Gasteiger partial charge is 0.236 e. The van der Waals surface area contributed by atoms with Crippen LogP contribution >= 0.6 is 0 Å². The molecule has 1 atom stereocenters. The fourth-order valence-corrected chi connectivity index (χ4v) is 4.13. The molecule has 132 valence electrons. The molecule has 2 heterocycles. The van der Waals surface area contributed by atoms with E-state index in [0.29, 0.717) is 25.5 Å². The normalized spacial score (nSPS) is 19.4. The molecule has 2 aromatic rings. The lowest BCUT2D eigenvalue weighted by Gasteiger charge is -2.39. The van der Waals surface area contributed by atoms with Crippen LogP contribution in [0.25, 0.3) is 6.08 Å². The molecule has 7 heteroatoms. The van der Waals surface area contributed by atoms with Crippen LogP contribution in [0.3, 0.4) is 0 Å². The first-order valence-electron chi connectivity index (χ1n) is 8.08. The minimum atomic E-state index is -3.50.